The van der Waals surface area contributed by atoms with Crippen LogP contribution in [0.2, 0.25) is 0 Å². The molecule has 1 aromatic carbocycles. The van der Waals surface area contributed by atoms with Crippen LogP contribution in [0.15, 0.2) is 12.1 Å². The van der Waals surface area contributed by atoms with Crippen LogP contribution in [-0.2, 0) is 0 Å². The highest BCUT2D eigenvalue weighted by molar-refractivity contribution is 5.69. The van der Waals surface area contributed by atoms with Gasteiger partial charge in [0.15, 0.2) is 11.6 Å². The van der Waals surface area contributed by atoms with Gasteiger partial charge in [0.05, 0.1) is 11.4 Å². The largest absolute Gasteiger partial charge is 0.397 e. The molecule has 1 heterocycles. The smallest absolute Gasteiger partial charge is 0.184 e. The molecule has 4 heteroatoms. The Morgan fingerprint density at radius 2 is 1.76 bits per heavy atom. The third-order valence-electron chi connectivity index (χ3n) is 4.13. The van der Waals surface area contributed by atoms with E-state index in [1.807, 2.05) is 4.90 Å². The van der Waals surface area contributed by atoms with Crippen molar-refractivity contribution < 1.29 is 8.78 Å². The van der Waals surface area contributed by atoms with Crippen molar-refractivity contribution in [3.05, 3.63) is 23.8 Å². The zero-order valence-electron chi connectivity index (χ0n) is 9.68. The summed E-state index contributed by atoms with van der Waals surface area (Å²) in [5.41, 5.74) is 6.67. The first kappa shape index (κ1) is 10.8. The molecule has 1 aliphatic heterocycles. The second-order valence-electron chi connectivity index (χ2n) is 5.36. The maximum Gasteiger partial charge on any atom is 0.184 e. The van der Waals surface area contributed by atoms with Crippen LogP contribution in [0, 0.1) is 17.0 Å². The zero-order valence-corrected chi connectivity index (χ0v) is 9.68. The number of rotatable bonds is 1. The van der Waals surface area contributed by atoms with E-state index >= 15 is 0 Å². The van der Waals surface area contributed by atoms with Crippen molar-refractivity contribution in [2.24, 2.45) is 5.41 Å². The molecule has 0 amide bonds. The first-order chi connectivity index (χ1) is 8.11. The summed E-state index contributed by atoms with van der Waals surface area (Å²) < 4.78 is 26.9. The van der Waals surface area contributed by atoms with Crippen molar-refractivity contribution in [1.82, 2.24) is 0 Å². The van der Waals surface area contributed by atoms with Crippen LogP contribution >= 0.6 is 0 Å². The molecule has 2 nitrogen and oxygen atoms in total. The first-order valence-corrected chi connectivity index (χ1v) is 6.10. The monoisotopic (exact) mass is 238 g/mol. The standard InChI is InChI=1S/C13H16F2N2/c14-9-3-4-10(16)12(11(9)15)17-7-13(8-17)5-1-2-6-13/h3-4H,1-2,5-8,16H2. The molecule has 0 bridgehead atoms. The Kier molecular flexibility index (Phi) is 2.28. The minimum absolute atomic E-state index is 0.252. The van der Waals surface area contributed by atoms with Gasteiger partial charge in [0.2, 0.25) is 0 Å². The third-order valence-corrected chi connectivity index (χ3v) is 4.13. The second kappa shape index (κ2) is 3.59. The predicted octanol–water partition coefficient (Wildman–Crippen LogP) is 2.93. The molecule has 2 aliphatic rings. The Hall–Kier alpha value is -1.32. The third kappa shape index (κ3) is 1.58. The Morgan fingerprint density at radius 1 is 1.12 bits per heavy atom. The van der Waals surface area contributed by atoms with E-state index < -0.39 is 11.6 Å². The molecule has 0 radical (unpaired) electrons. The van der Waals surface area contributed by atoms with E-state index in [1.165, 1.54) is 31.7 Å². The van der Waals surface area contributed by atoms with Crippen LogP contribution in [0.3, 0.4) is 0 Å². The average molecular weight is 238 g/mol. The van der Waals surface area contributed by atoms with Crippen molar-refractivity contribution in [2.75, 3.05) is 23.7 Å². The maximum absolute atomic E-state index is 13.7. The van der Waals surface area contributed by atoms with Gasteiger partial charge >= 0.3 is 0 Å². The van der Waals surface area contributed by atoms with Crippen LogP contribution in [0.5, 0.6) is 0 Å². The normalized spacial score (nSPS) is 21.9. The molecule has 1 saturated carbocycles. The van der Waals surface area contributed by atoms with Crippen molar-refractivity contribution in [3.8, 4) is 0 Å². The van der Waals surface area contributed by atoms with Crippen LogP contribution in [-0.4, -0.2) is 13.1 Å². The highest BCUT2D eigenvalue weighted by Gasteiger charge is 2.45. The lowest BCUT2D eigenvalue weighted by atomic mass is 9.78. The van der Waals surface area contributed by atoms with Crippen LogP contribution < -0.4 is 10.6 Å². The summed E-state index contributed by atoms with van der Waals surface area (Å²) >= 11 is 0. The van der Waals surface area contributed by atoms with E-state index in [0.717, 1.165) is 19.2 Å². The van der Waals surface area contributed by atoms with Gasteiger partial charge in [-0.05, 0) is 25.0 Å². The lowest BCUT2D eigenvalue weighted by Gasteiger charge is -2.50. The topological polar surface area (TPSA) is 29.3 Å². The minimum Gasteiger partial charge on any atom is -0.397 e. The molecule has 2 fully saturated rings. The molecule has 1 saturated heterocycles. The van der Waals surface area contributed by atoms with Crippen molar-refractivity contribution in [2.45, 2.75) is 25.7 Å². The molecule has 0 unspecified atom stereocenters. The Morgan fingerprint density at radius 3 is 2.41 bits per heavy atom. The molecule has 0 aromatic heterocycles. The zero-order chi connectivity index (χ0) is 12.0. The summed E-state index contributed by atoms with van der Waals surface area (Å²) in [5.74, 6) is -1.63. The number of nitrogens with two attached hydrogens (primary N) is 1. The molecule has 3 rings (SSSR count). The van der Waals surface area contributed by atoms with Gasteiger partial charge in [-0.3, -0.25) is 0 Å². The summed E-state index contributed by atoms with van der Waals surface area (Å²) in [6, 6.07) is 2.52. The average Bonchev–Trinajstić information content (AvgIpc) is 2.72. The number of anilines is 2. The van der Waals surface area contributed by atoms with E-state index in [9.17, 15) is 8.78 Å². The van der Waals surface area contributed by atoms with Gasteiger partial charge in [0, 0.05) is 18.5 Å². The van der Waals surface area contributed by atoms with Crippen LogP contribution in [0.25, 0.3) is 0 Å². The van der Waals surface area contributed by atoms with E-state index in [4.69, 9.17) is 5.73 Å². The highest BCUT2D eigenvalue weighted by Crippen LogP contribution is 2.48. The number of halogens is 2. The highest BCUT2D eigenvalue weighted by atomic mass is 19.2. The summed E-state index contributed by atoms with van der Waals surface area (Å²) in [7, 11) is 0. The predicted molar refractivity (Wildman–Crippen MR) is 63.9 cm³/mol. The molecule has 92 valence electrons. The van der Waals surface area contributed by atoms with Crippen molar-refractivity contribution in [3.63, 3.8) is 0 Å². The fourth-order valence-electron chi connectivity index (χ4n) is 3.24. The van der Waals surface area contributed by atoms with Gasteiger partial charge < -0.3 is 10.6 Å². The number of hydrogen-bond donors (Lipinski definition) is 1. The SMILES string of the molecule is Nc1ccc(F)c(F)c1N1CC2(CCCC2)C1. The molecule has 1 spiro atoms. The van der Waals surface area contributed by atoms with E-state index in [-0.39, 0.29) is 5.69 Å². The van der Waals surface area contributed by atoms with Crippen molar-refractivity contribution >= 4 is 11.4 Å². The Bertz CT molecular complexity index is 445. The fourth-order valence-corrected chi connectivity index (χ4v) is 3.24. The van der Waals surface area contributed by atoms with E-state index in [1.54, 1.807) is 0 Å². The number of benzene rings is 1. The van der Waals surface area contributed by atoms with Crippen molar-refractivity contribution in [1.29, 1.82) is 0 Å². The van der Waals surface area contributed by atoms with E-state index in [2.05, 4.69) is 0 Å². The minimum atomic E-state index is -0.818. The molecular formula is C13H16F2N2. The molecule has 1 aliphatic carbocycles. The number of nitrogens with zero attached hydrogens (tertiary/aromatic N) is 1. The van der Waals surface area contributed by atoms with Gasteiger partial charge in [0.1, 0.15) is 0 Å². The van der Waals surface area contributed by atoms with E-state index in [0.29, 0.717) is 11.1 Å². The molecule has 17 heavy (non-hydrogen) atoms. The van der Waals surface area contributed by atoms with Gasteiger partial charge in [-0.15, -0.1) is 0 Å². The van der Waals surface area contributed by atoms with Crippen LogP contribution in [0.4, 0.5) is 20.2 Å². The quantitative estimate of drug-likeness (QED) is 0.762. The number of hydrogen-bond acceptors (Lipinski definition) is 2. The molecule has 2 N–H and O–H groups in total. The van der Waals surface area contributed by atoms with Gasteiger partial charge in [-0.2, -0.15) is 0 Å². The second-order valence-corrected chi connectivity index (χ2v) is 5.36. The maximum atomic E-state index is 13.7. The Labute approximate surface area is 99.4 Å². The van der Waals surface area contributed by atoms with Crippen LogP contribution in [0.1, 0.15) is 25.7 Å². The summed E-state index contributed by atoms with van der Waals surface area (Å²) in [6.07, 6.45) is 4.94. The number of nitrogen functional groups attached to an aromatic ring is 1. The summed E-state index contributed by atoms with van der Waals surface area (Å²) in [6.45, 7) is 1.63. The summed E-state index contributed by atoms with van der Waals surface area (Å²) in [5, 5.41) is 0. The van der Waals surface area contributed by atoms with Gasteiger partial charge in [-0.25, -0.2) is 8.78 Å². The lowest BCUT2D eigenvalue weighted by molar-refractivity contribution is 0.220. The summed E-state index contributed by atoms with van der Waals surface area (Å²) in [4.78, 5) is 1.87. The van der Waals surface area contributed by atoms with Gasteiger partial charge in [0.25, 0.3) is 0 Å². The molecule has 1 aromatic rings. The lowest BCUT2D eigenvalue weighted by Crippen LogP contribution is -2.55. The molecule has 0 atom stereocenters. The fraction of sp³-hybridized carbons (Fsp3) is 0.538. The van der Waals surface area contributed by atoms with Gasteiger partial charge in [-0.1, -0.05) is 12.8 Å². The molecular weight excluding hydrogens is 222 g/mol. The first-order valence-electron chi connectivity index (χ1n) is 6.10. The Balaban J connectivity index is 1.85.